The molecule has 3 N–H and O–H groups in total. The molecule has 0 atom stereocenters. The van der Waals surface area contributed by atoms with Crippen molar-refractivity contribution in [2.45, 2.75) is 0 Å². The number of hydrogen-bond donors (Lipinski definition) is 2. The van der Waals surface area contributed by atoms with Crippen molar-refractivity contribution in [3.8, 4) is 11.4 Å². The molecule has 0 bridgehead atoms. The van der Waals surface area contributed by atoms with Gasteiger partial charge in [0.05, 0.1) is 11.1 Å². The number of nitrogens with zero attached hydrogens (tertiary/aromatic N) is 2. The Morgan fingerprint density at radius 1 is 1.32 bits per heavy atom. The highest BCUT2D eigenvalue weighted by Crippen LogP contribution is 2.23. The Balaban J connectivity index is 2.22. The summed E-state index contributed by atoms with van der Waals surface area (Å²) >= 11 is 5.85. The number of para-hydroxylation sites is 1. The van der Waals surface area contributed by atoms with E-state index in [0.717, 1.165) is 11.1 Å². The topological polar surface area (TPSA) is 84.7 Å². The molecule has 19 heavy (non-hydrogen) atoms. The molecule has 1 amide bonds. The maximum atomic E-state index is 11.4. The lowest BCUT2D eigenvalue weighted by molar-refractivity contribution is 0.100. The molecular weight excluding hydrogens is 264 g/mol. The number of aromatic amines is 1. The number of rotatable bonds is 2. The summed E-state index contributed by atoms with van der Waals surface area (Å²) in [5.41, 5.74) is 7.82. The lowest BCUT2D eigenvalue weighted by Crippen LogP contribution is -2.11. The standard InChI is InChI=1S/C13H9ClN4O/c14-10-6-7(4-5-16-10)13-17-9-3-1-2-8(12(15)19)11(9)18-13/h1-6H,(H2,15,19)(H,17,18). The average molecular weight is 273 g/mol. The van der Waals surface area contributed by atoms with Crippen LogP contribution in [0.3, 0.4) is 0 Å². The van der Waals surface area contributed by atoms with E-state index in [0.29, 0.717) is 22.1 Å². The Kier molecular flexibility index (Phi) is 2.68. The van der Waals surface area contributed by atoms with Gasteiger partial charge in [-0.1, -0.05) is 17.7 Å². The summed E-state index contributed by atoms with van der Waals surface area (Å²) in [6, 6.07) is 8.72. The van der Waals surface area contributed by atoms with Crippen molar-refractivity contribution in [3.63, 3.8) is 0 Å². The molecule has 0 radical (unpaired) electrons. The van der Waals surface area contributed by atoms with Gasteiger partial charge >= 0.3 is 0 Å². The Bertz CT molecular complexity index is 781. The fourth-order valence-electron chi connectivity index (χ4n) is 1.92. The Morgan fingerprint density at radius 3 is 2.89 bits per heavy atom. The Labute approximate surface area is 113 Å². The van der Waals surface area contributed by atoms with Gasteiger partial charge in [-0.05, 0) is 24.3 Å². The number of carbonyl (C=O) groups is 1. The number of carbonyl (C=O) groups excluding carboxylic acids is 1. The molecule has 0 unspecified atom stereocenters. The van der Waals surface area contributed by atoms with Crippen LogP contribution in [-0.4, -0.2) is 20.9 Å². The highest BCUT2D eigenvalue weighted by molar-refractivity contribution is 6.29. The summed E-state index contributed by atoms with van der Waals surface area (Å²) in [7, 11) is 0. The molecule has 0 spiro atoms. The zero-order chi connectivity index (χ0) is 13.4. The number of nitrogens with two attached hydrogens (primary N) is 1. The van der Waals surface area contributed by atoms with Crippen molar-refractivity contribution >= 4 is 28.5 Å². The summed E-state index contributed by atoms with van der Waals surface area (Å²) in [6.45, 7) is 0. The third-order valence-corrected chi connectivity index (χ3v) is 2.98. The van der Waals surface area contributed by atoms with E-state index >= 15 is 0 Å². The summed E-state index contributed by atoms with van der Waals surface area (Å²) in [4.78, 5) is 22.8. The van der Waals surface area contributed by atoms with Crippen LogP contribution in [0.1, 0.15) is 10.4 Å². The SMILES string of the molecule is NC(=O)c1cccc2[nH]c(-c3ccnc(Cl)c3)nc12. The average Bonchev–Trinajstić information content (AvgIpc) is 2.82. The Hall–Kier alpha value is -2.40. The summed E-state index contributed by atoms with van der Waals surface area (Å²) in [5, 5.41) is 0.382. The van der Waals surface area contributed by atoms with Crippen LogP contribution in [-0.2, 0) is 0 Å². The largest absolute Gasteiger partial charge is 0.366 e. The molecule has 1 aromatic carbocycles. The molecular formula is C13H9ClN4O. The van der Waals surface area contributed by atoms with E-state index in [1.54, 1.807) is 30.5 Å². The molecule has 94 valence electrons. The van der Waals surface area contributed by atoms with Crippen LogP contribution in [0.25, 0.3) is 22.4 Å². The molecule has 0 aliphatic carbocycles. The first-order chi connectivity index (χ1) is 9.15. The number of pyridine rings is 1. The number of halogens is 1. The van der Waals surface area contributed by atoms with Gasteiger partial charge in [0.2, 0.25) is 0 Å². The summed E-state index contributed by atoms with van der Waals surface area (Å²) < 4.78 is 0. The molecule has 0 aliphatic rings. The number of H-pyrrole nitrogens is 1. The Morgan fingerprint density at radius 2 is 2.16 bits per heavy atom. The number of aromatic nitrogens is 3. The van der Waals surface area contributed by atoms with Crippen LogP contribution in [0.2, 0.25) is 5.15 Å². The van der Waals surface area contributed by atoms with Crippen LogP contribution in [0, 0.1) is 0 Å². The van der Waals surface area contributed by atoms with E-state index in [4.69, 9.17) is 17.3 Å². The molecule has 5 nitrogen and oxygen atoms in total. The lowest BCUT2D eigenvalue weighted by Gasteiger charge is -1.95. The zero-order valence-corrected chi connectivity index (χ0v) is 10.5. The van der Waals surface area contributed by atoms with E-state index in [9.17, 15) is 4.79 Å². The third kappa shape index (κ3) is 2.04. The van der Waals surface area contributed by atoms with Gasteiger partial charge in [0, 0.05) is 11.8 Å². The van der Waals surface area contributed by atoms with Gasteiger partial charge in [-0.15, -0.1) is 0 Å². The summed E-state index contributed by atoms with van der Waals surface area (Å²) in [5.74, 6) is 0.115. The first-order valence-electron chi connectivity index (χ1n) is 5.55. The van der Waals surface area contributed by atoms with Crippen molar-refractivity contribution in [1.82, 2.24) is 15.0 Å². The molecule has 2 aromatic heterocycles. The first-order valence-corrected chi connectivity index (χ1v) is 5.93. The van der Waals surface area contributed by atoms with Gasteiger partial charge in [-0.2, -0.15) is 0 Å². The molecule has 3 rings (SSSR count). The van der Waals surface area contributed by atoms with Crippen LogP contribution < -0.4 is 5.73 Å². The molecule has 3 aromatic rings. The molecule has 2 heterocycles. The second kappa shape index (κ2) is 4.37. The second-order valence-electron chi connectivity index (χ2n) is 4.02. The maximum absolute atomic E-state index is 11.4. The van der Waals surface area contributed by atoms with Crippen molar-refractivity contribution in [1.29, 1.82) is 0 Å². The van der Waals surface area contributed by atoms with E-state index < -0.39 is 5.91 Å². The van der Waals surface area contributed by atoms with Gasteiger partial charge in [0.25, 0.3) is 5.91 Å². The number of fused-ring (bicyclic) bond motifs is 1. The van der Waals surface area contributed by atoms with E-state index in [1.165, 1.54) is 0 Å². The third-order valence-electron chi connectivity index (χ3n) is 2.78. The molecule has 6 heteroatoms. The molecule has 0 fully saturated rings. The second-order valence-corrected chi connectivity index (χ2v) is 4.41. The van der Waals surface area contributed by atoms with Gasteiger partial charge in [-0.3, -0.25) is 4.79 Å². The van der Waals surface area contributed by atoms with E-state index in [-0.39, 0.29) is 0 Å². The first kappa shape index (κ1) is 11.7. The van der Waals surface area contributed by atoms with Crippen molar-refractivity contribution in [2.75, 3.05) is 0 Å². The predicted octanol–water partition coefficient (Wildman–Crippen LogP) is 2.38. The number of primary amides is 1. The van der Waals surface area contributed by atoms with E-state index in [1.807, 2.05) is 6.07 Å². The normalized spacial score (nSPS) is 10.8. The number of nitrogens with one attached hydrogen (secondary N) is 1. The van der Waals surface area contributed by atoms with Gasteiger partial charge in [-0.25, -0.2) is 9.97 Å². The van der Waals surface area contributed by atoms with Crippen LogP contribution >= 0.6 is 11.6 Å². The predicted molar refractivity (Wildman–Crippen MR) is 72.9 cm³/mol. The molecule has 0 saturated heterocycles. The number of imidazole rings is 1. The molecule has 0 aliphatic heterocycles. The minimum absolute atomic E-state index is 0.382. The van der Waals surface area contributed by atoms with Crippen molar-refractivity contribution < 1.29 is 4.79 Å². The lowest BCUT2D eigenvalue weighted by atomic mass is 10.2. The quantitative estimate of drug-likeness (QED) is 0.703. The van der Waals surface area contributed by atoms with Gasteiger partial charge in [0.1, 0.15) is 16.5 Å². The van der Waals surface area contributed by atoms with Gasteiger partial charge < -0.3 is 10.7 Å². The number of hydrogen-bond acceptors (Lipinski definition) is 3. The maximum Gasteiger partial charge on any atom is 0.250 e. The van der Waals surface area contributed by atoms with Crippen molar-refractivity contribution in [3.05, 3.63) is 47.2 Å². The minimum Gasteiger partial charge on any atom is -0.366 e. The minimum atomic E-state index is -0.503. The van der Waals surface area contributed by atoms with Crippen LogP contribution in [0.4, 0.5) is 0 Å². The summed E-state index contributed by atoms with van der Waals surface area (Å²) in [6.07, 6.45) is 1.60. The zero-order valence-electron chi connectivity index (χ0n) is 9.72. The number of amides is 1. The van der Waals surface area contributed by atoms with Crippen LogP contribution in [0.15, 0.2) is 36.5 Å². The fraction of sp³-hybridized carbons (Fsp3) is 0. The fourth-order valence-corrected chi connectivity index (χ4v) is 2.09. The highest BCUT2D eigenvalue weighted by Gasteiger charge is 2.12. The van der Waals surface area contributed by atoms with Crippen LogP contribution in [0.5, 0.6) is 0 Å². The van der Waals surface area contributed by atoms with E-state index in [2.05, 4.69) is 15.0 Å². The molecule has 0 saturated carbocycles. The number of benzene rings is 1. The highest BCUT2D eigenvalue weighted by atomic mass is 35.5. The van der Waals surface area contributed by atoms with Gasteiger partial charge in [0.15, 0.2) is 0 Å². The monoisotopic (exact) mass is 272 g/mol. The van der Waals surface area contributed by atoms with Crippen molar-refractivity contribution in [2.24, 2.45) is 5.73 Å². The smallest absolute Gasteiger partial charge is 0.250 e.